The normalized spacial score (nSPS) is 13.1. The van der Waals surface area contributed by atoms with Crippen LogP contribution >= 0.6 is 11.3 Å². The molecule has 0 fully saturated rings. The van der Waals surface area contributed by atoms with Gasteiger partial charge >= 0.3 is 12.1 Å². The van der Waals surface area contributed by atoms with Gasteiger partial charge in [-0.15, -0.1) is 11.3 Å². The van der Waals surface area contributed by atoms with Gasteiger partial charge in [0.15, 0.2) is 10.8 Å². The molecule has 1 rings (SSSR count). The van der Waals surface area contributed by atoms with Crippen LogP contribution in [0.1, 0.15) is 62.8 Å². The molecule has 0 aliphatic rings. The van der Waals surface area contributed by atoms with Crippen molar-refractivity contribution in [1.29, 1.82) is 0 Å². The highest BCUT2D eigenvalue weighted by Crippen LogP contribution is 2.34. The number of thiazole rings is 1. The first-order valence-electron chi connectivity index (χ1n) is 6.75. The topological polar surface area (TPSA) is 88.5 Å². The van der Waals surface area contributed by atoms with Gasteiger partial charge < -0.3 is 9.84 Å². The SMILES string of the molecule is CC(C)C(C)c1sc(NC(=O)OC(C)(C)C)nc1C(=O)O. The molecule has 0 aliphatic carbocycles. The highest BCUT2D eigenvalue weighted by molar-refractivity contribution is 7.16. The lowest BCUT2D eigenvalue weighted by molar-refractivity contribution is 0.0632. The number of carboxylic acid groups (broad SMARTS) is 1. The molecule has 0 spiro atoms. The van der Waals surface area contributed by atoms with Crippen molar-refractivity contribution in [3.63, 3.8) is 0 Å². The van der Waals surface area contributed by atoms with Crippen molar-refractivity contribution in [2.45, 2.75) is 53.1 Å². The number of carbonyl (C=O) groups excluding carboxylic acids is 1. The fourth-order valence-corrected chi connectivity index (χ4v) is 2.71. The number of carboxylic acids is 1. The van der Waals surface area contributed by atoms with E-state index in [4.69, 9.17) is 4.74 Å². The molecule has 0 radical (unpaired) electrons. The smallest absolute Gasteiger partial charge is 0.413 e. The Morgan fingerprint density at radius 3 is 2.29 bits per heavy atom. The summed E-state index contributed by atoms with van der Waals surface area (Å²) in [6.07, 6.45) is -0.642. The lowest BCUT2D eigenvalue weighted by Gasteiger charge is -2.18. The summed E-state index contributed by atoms with van der Waals surface area (Å²) in [4.78, 5) is 27.6. The molecule has 6 nitrogen and oxygen atoms in total. The molecular formula is C14H22N2O4S. The molecule has 0 saturated carbocycles. The molecule has 7 heteroatoms. The zero-order valence-corrected chi connectivity index (χ0v) is 14.0. The molecule has 0 aromatic carbocycles. The summed E-state index contributed by atoms with van der Waals surface area (Å²) in [7, 11) is 0. The van der Waals surface area contributed by atoms with Crippen molar-refractivity contribution >= 4 is 28.5 Å². The zero-order valence-electron chi connectivity index (χ0n) is 13.2. The third-order valence-electron chi connectivity index (χ3n) is 2.88. The summed E-state index contributed by atoms with van der Waals surface area (Å²) in [5.41, 5.74) is -0.627. The van der Waals surface area contributed by atoms with Crippen LogP contribution in [0.4, 0.5) is 9.93 Å². The first-order chi connectivity index (χ1) is 9.51. The average molecular weight is 314 g/mol. The number of carbonyl (C=O) groups is 2. The molecule has 1 aromatic heterocycles. The maximum Gasteiger partial charge on any atom is 0.413 e. The van der Waals surface area contributed by atoms with E-state index in [9.17, 15) is 14.7 Å². The van der Waals surface area contributed by atoms with E-state index in [0.29, 0.717) is 4.88 Å². The van der Waals surface area contributed by atoms with Gasteiger partial charge in [-0.2, -0.15) is 0 Å². The van der Waals surface area contributed by atoms with Crippen LogP contribution in [0.5, 0.6) is 0 Å². The van der Waals surface area contributed by atoms with Crippen LogP contribution in [0, 0.1) is 5.92 Å². The van der Waals surface area contributed by atoms with Gasteiger partial charge in [-0.3, -0.25) is 5.32 Å². The largest absolute Gasteiger partial charge is 0.476 e. The van der Waals surface area contributed by atoms with Gasteiger partial charge in [0.25, 0.3) is 0 Å². The predicted molar refractivity (Wildman–Crippen MR) is 82.2 cm³/mol. The average Bonchev–Trinajstić information content (AvgIpc) is 2.68. The number of ether oxygens (including phenoxy) is 1. The summed E-state index contributed by atoms with van der Waals surface area (Å²) in [5.74, 6) is -0.772. The predicted octanol–water partition coefficient (Wildman–Crippen LogP) is 3.95. The van der Waals surface area contributed by atoms with Crippen LogP contribution in [0.15, 0.2) is 0 Å². The van der Waals surface area contributed by atoms with Crippen LogP contribution in [0.2, 0.25) is 0 Å². The Kier molecular flexibility index (Phi) is 5.33. The third kappa shape index (κ3) is 5.00. The van der Waals surface area contributed by atoms with Gasteiger partial charge in [0, 0.05) is 4.88 Å². The summed E-state index contributed by atoms with van der Waals surface area (Å²) >= 11 is 1.17. The van der Waals surface area contributed by atoms with Gasteiger partial charge in [-0.1, -0.05) is 20.8 Å². The Morgan fingerprint density at radius 2 is 1.86 bits per heavy atom. The number of rotatable bonds is 4. The molecular weight excluding hydrogens is 292 g/mol. The number of hydrogen-bond acceptors (Lipinski definition) is 5. The summed E-state index contributed by atoms with van der Waals surface area (Å²) in [6, 6.07) is 0. The zero-order chi connectivity index (χ0) is 16.4. The molecule has 0 aliphatic heterocycles. The molecule has 1 atom stereocenters. The van der Waals surface area contributed by atoms with Gasteiger partial charge in [0.2, 0.25) is 0 Å². The van der Waals surface area contributed by atoms with E-state index in [1.54, 1.807) is 20.8 Å². The maximum absolute atomic E-state index is 11.7. The minimum atomic E-state index is -1.09. The Morgan fingerprint density at radius 1 is 1.29 bits per heavy atom. The monoisotopic (exact) mass is 314 g/mol. The highest BCUT2D eigenvalue weighted by Gasteiger charge is 2.25. The fourth-order valence-electron chi connectivity index (χ4n) is 1.54. The highest BCUT2D eigenvalue weighted by atomic mass is 32.1. The number of amides is 1. The van der Waals surface area contributed by atoms with Crippen molar-refractivity contribution in [3.05, 3.63) is 10.6 Å². The second-order valence-corrected chi connectivity index (χ2v) is 7.23. The van der Waals surface area contributed by atoms with E-state index >= 15 is 0 Å². The number of aromatic nitrogens is 1. The third-order valence-corrected chi connectivity index (χ3v) is 4.05. The summed E-state index contributed by atoms with van der Waals surface area (Å²) in [6.45, 7) is 11.2. The Bertz CT molecular complexity index is 532. The standard InChI is InChI=1S/C14H22N2O4S/c1-7(2)8(3)10-9(11(17)18)15-12(21-10)16-13(19)20-14(4,5)6/h7-8H,1-6H3,(H,17,18)(H,15,16,19). The molecule has 1 aromatic rings. The first-order valence-corrected chi connectivity index (χ1v) is 7.57. The van der Waals surface area contributed by atoms with Crippen LogP contribution in [0.25, 0.3) is 0 Å². The molecule has 1 heterocycles. The second-order valence-electron chi connectivity index (χ2n) is 6.20. The van der Waals surface area contributed by atoms with Crippen molar-refractivity contribution in [1.82, 2.24) is 4.98 Å². The number of aromatic carboxylic acids is 1. The molecule has 2 N–H and O–H groups in total. The molecule has 1 unspecified atom stereocenters. The van der Waals surface area contributed by atoms with Crippen molar-refractivity contribution < 1.29 is 19.4 Å². The Balaban J connectivity index is 2.98. The molecule has 118 valence electrons. The van der Waals surface area contributed by atoms with Gasteiger partial charge in [0.1, 0.15) is 5.60 Å². The lowest BCUT2D eigenvalue weighted by atomic mass is 9.95. The minimum absolute atomic E-state index is 0.00717. The minimum Gasteiger partial charge on any atom is -0.476 e. The number of anilines is 1. The van der Waals surface area contributed by atoms with E-state index in [-0.39, 0.29) is 22.7 Å². The Labute approximate surface area is 128 Å². The quantitative estimate of drug-likeness (QED) is 0.878. The Hall–Kier alpha value is -1.63. The van der Waals surface area contributed by atoms with Gasteiger partial charge in [-0.25, -0.2) is 14.6 Å². The van der Waals surface area contributed by atoms with Gasteiger partial charge in [-0.05, 0) is 32.6 Å². The second kappa shape index (κ2) is 6.43. The van der Waals surface area contributed by atoms with Crippen LogP contribution in [0.3, 0.4) is 0 Å². The molecule has 21 heavy (non-hydrogen) atoms. The first kappa shape index (κ1) is 17.4. The van der Waals surface area contributed by atoms with Crippen molar-refractivity contribution in [2.75, 3.05) is 5.32 Å². The molecule has 0 bridgehead atoms. The van der Waals surface area contributed by atoms with E-state index < -0.39 is 17.7 Å². The van der Waals surface area contributed by atoms with Crippen LogP contribution in [-0.4, -0.2) is 27.8 Å². The summed E-state index contributed by atoms with van der Waals surface area (Å²) < 4.78 is 5.13. The summed E-state index contributed by atoms with van der Waals surface area (Å²) in [5, 5.41) is 12.0. The maximum atomic E-state index is 11.7. The van der Waals surface area contributed by atoms with Gasteiger partial charge in [0.05, 0.1) is 0 Å². The number of hydrogen-bond donors (Lipinski definition) is 2. The van der Waals surface area contributed by atoms with E-state index in [1.807, 2.05) is 20.8 Å². The van der Waals surface area contributed by atoms with Crippen molar-refractivity contribution in [2.24, 2.45) is 5.92 Å². The van der Waals surface area contributed by atoms with E-state index in [1.165, 1.54) is 11.3 Å². The fraction of sp³-hybridized carbons (Fsp3) is 0.643. The number of nitrogens with zero attached hydrogens (tertiary/aromatic N) is 1. The lowest BCUT2D eigenvalue weighted by Crippen LogP contribution is -2.27. The van der Waals surface area contributed by atoms with Crippen LogP contribution in [-0.2, 0) is 4.74 Å². The molecule has 1 amide bonds. The van der Waals surface area contributed by atoms with E-state index in [2.05, 4.69) is 10.3 Å². The van der Waals surface area contributed by atoms with Crippen LogP contribution < -0.4 is 5.32 Å². The number of nitrogens with one attached hydrogen (secondary N) is 1. The molecule has 0 saturated heterocycles. The van der Waals surface area contributed by atoms with E-state index in [0.717, 1.165) is 0 Å². The van der Waals surface area contributed by atoms with Crippen molar-refractivity contribution in [3.8, 4) is 0 Å².